The van der Waals surface area contributed by atoms with Crippen LogP contribution in [0.5, 0.6) is 5.75 Å². The first-order valence-corrected chi connectivity index (χ1v) is 9.73. The number of carbonyl (C=O) groups excluding carboxylic acids is 1. The number of nitrogens with zero attached hydrogens (tertiary/aromatic N) is 4. The Morgan fingerprint density at radius 1 is 1.04 bits per heavy atom. The molecule has 3 rings (SSSR count). The summed E-state index contributed by atoms with van der Waals surface area (Å²) in [4.78, 5) is 16.9. The predicted molar refractivity (Wildman–Crippen MR) is 105 cm³/mol. The summed E-state index contributed by atoms with van der Waals surface area (Å²) in [5.74, 6) is -0.329. The molecule has 10 heteroatoms. The topological polar surface area (TPSA) is 87.0 Å². The zero-order chi connectivity index (χ0) is 20.1. The molecule has 152 valence electrons. The molecule has 0 saturated carbocycles. The van der Waals surface area contributed by atoms with Crippen LogP contribution in [-0.2, 0) is 14.3 Å². The van der Waals surface area contributed by atoms with Gasteiger partial charge in [0.25, 0.3) is 5.91 Å². The smallest absolute Gasteiger partial charge is 0.272 e. The molecule has 0 aliphatic carbocycles. The summed E-state index contributed by atoms with van der Waals surface area (Å²) in [5.41, 5.74) is 1.05. The maximum Gasteiger partial charge on any atom is 0.272 e. The van der Waals surface area contributed by atoms with Gasteiger partial charge in [0.15, 0.2) is 5.75 Å². The Labute approximate surface area is 173 Å². The lowest BCUT2D eigenvalue weighted by atomic mass is 10.2. The van der Waals surface area contributed by atoms with Crippen LogP contribution in [0.3, 0.4) is 0 Å². The number of carbonyl (C=O) groups is 1. The van der Waals surface area contributed by atoms with Gasteiger partial charge in [0.1, 0.15) is 11.4 Å². The molecule has 2 saturated heterocycles. The van der Waals surface area contributed by atoms with E-state index in [1.54, 1.807) is 11.8 Å². The minimum atomic E-state index is -0.213. The highest BCUT2D eigenvalue weighted by Gasteiger charge is 2.28. The van der Waals surface area contributed by atoms with Gasteiger partial charge in [-0.15, -0.1) is 5.11 Å². The number of allylic oxidation sites excluding steroid dienone is 1. The van der Waals surface area contributed by atoms with Crippen molar-refractivity contribution in [2.75, 3.05) is 52.6 Å². The Morgan fingerprint density at radius 3 is 2.21 bits per heavy atom. The first kappa shape index (κ1) is 20.9. The van der Waals surface area contributed by atoms with Gasteiger partial charge in [0.05, 0.1) is 37.1 Å². The molecule has 0 atom stereocenters. The molecule has 2 aliphatic rings. The number of azo groups is 1. The van der Waals surface area contributed by atoms with Gasteiger partial charge >= 0.3 is 0 Å². The van der Waals surface area contributed by atoms with E-state index in [4.69, 9.17) is 32.7 Å². The Morgan fingerprint density at radius 2 is 1.61 bits per heavy atom. The average molecular weight is 429 g/mol. The summed E-state index contributed by atoms with van der Waals surface area (Å²) in [6, 6.07) is 2.87. The molecule has 0 radical (unpaired) electrons. The number of hydrogen-bond donors (Lipinski definition) is 1. The van der Waals surface area contributed by atoms with Crippen molar-refractivity contribution in [1.82, 2.24) is 9.80 Å². The van der Waals surface area contributed by atoms with Crippen LogP contribution >= 0.6 is 23.2 Å². The highest BCUT2D eigenvalue weighted by molar-refractivity contribution is 6.36. The second kappa shape index (κ2) is 9.56. The van der Waals surface area contributed by atoms with Crippen LogP contribution in [0.25, 0.3) is 0 Å². The molecule has 1 N–H and O–H groups in total. The van der Waals surface area contributed by atoms with Gasteiger partial charge in [0, 0.05) is 31.2 Å². The van der Waals surface area contributed by atoms with Crippen LogP contribution in [0.15, 0.2) is 33.8 Å². The van der Waals surface area contributed by atoms with E-state index in [2.05, 4.69) is 10.2 Å². The summed E-state index contributed by atoms with van der Waals surface area (Å²) in [6.45, 7) is 6.05. The van der Waals surface area contributed by atoms with Gasteiger partial charge in [-0.05, 0) is 19.1 Å². The Kier molecular flexibility index (Phi) is 7.12. The summed E-state index contributed by atoms with van der Waals surface area (Å²) < 4.78 is 10.7. The number of morpholine rings is 2. The fourth-order valence-electron chi connectivity index (χ4n) is 3.03. The summed E-state index contributed by atoms with van der Waals surface area (Å²) in [5, 5.41) is 18.7. The van der Waals surface area contributed by atoms with Crippen molar-refractivity contribution in [3.05, 3.63) is 33.6 Å². The number of aromatic hydroxyl groups is 1. The second-order valence-corrected chi connectivity index (χ2v) is 7.24. The van der Waals surface area contributed by atoms with E-state index in [1.807, 2.05) is 4.90 Å². The molecule has 28 heavy (non-hydrogen) atoms. The number of phenolic OH excluding ortho intramolecular Hbond substituents is 1. The third-order valence-electron chi connectivity index (χ3n) is 4.49. The number of phenols is 1. The van der Waals surface area contributed by atoms with E-state index in [1.165, 1.54) is 12.1 Å². The van der Waals surface area contributed by atoms with Crippen molar-refractivity contribution < 1.29 is 19.4 Å². The van der Waals surface area contributed by atoms with Crippen LogP contribution in [0, 0.1) is 0 Å². The maximum atomic E-state index is 13.2. The molecule has 2 fully saturated rings. The van der Waals surface area contributed by atoms with E-state index in [0.717, 1.165) is 0 Å². The number of rotatable bonds is 4. The van der Waals surface area contributed by atoms with Crippen molar-refractivity contribution in [2.24, 2.45) is 10.2 Å². The van der Waals surface area contributed by atoms with Crippen molar-refractivity contribution in [3.63, 3.8) is 0 Å². The molecule has 0 unspecified atom stereocenters. The normalized spacial score (nSPS) is 19.1. The van der Waals surface area contributed by atoms with Gasteiger partial charge in [-0.1, -0.05) is 23.2 Å². The third-order valence-corrected chi connectivity index (χ3v) is 4.99. The minimum absolute atomic E-state index is 0.0841. The summed E-state index contributed by atoms with van der Waals surface area (Å²) in [6.07, 6.45) is 0. The van der Waals surface area contributed by atoms with Crippen molar-refractivity contribution in [2.45, 2.75) is 6.92 Å². The fraction of sp³-hybridized carbons (Fsp3) is 0.500. The van der Waals surface area contributed by atoms with E-state index in [0.29, 0.717) is 69.0 Å². The molecule has 2 heterocycles. The second-order valence-electron chi connectivity index (χ2n) is 6.39. The molecule has 0 spiro atoms. The van der Waals surface area contributed by atoms with Crippen LogP contribution < -0.4 is 0 Å². The molecular weight excluding hydrogens is 407 g/mol. The molecule has 0 aromatic heterocycles. The van der Waals surface area contributed by atoms with Gasteiger partial charge in [-0.2, -0.15) is 5.11 Å². The fourth-order valence-corrected chi connectivity index (χ4v) is 3.51. The standard InChI is InChI=1S/C18H22Cl2N4O4/c1-12(21-22-15-11-13(19)10-14(20)17(15)25)16(23-2-6-27-7-3-23)18(26)24-4-8-28-9-5-24/h10-11,25H,2-9H2,1H3/b16-12+,22-21?. The quantitative estimate of drug-likeness (QED) is 0.587. The number of amides is 1. The monoisotopic (exact) mass is 428 g/mol. The average Bonchev–Trinajstić information content (AvgIpc) is 2.71. The molecule has 8 nitrogen and oxygen atoms in total. The van der Waals surface area contributed by atoms with Crippen molar-refractivity contribution in [3.8, 4) is 5.75 Å². The van der Waals surface area contributed by atoms with E-state index >= 15 is 0 Å². The molecule has 1 aromatic rings. The predicted octanol–water partition coefficient (Wildman–Crippen LogP) is 3.21. The largest absolute Gasteiger partial charge is 0.504 e. The molecule has 0 bridgehead atoms. The lowest BCUT2D eigenvalue weighted by Crippen LogP contribution is -2.47. The summed E-state index contributed by atoms with van der Waals surface area (Å²) >= 11 is 11.9. The van der Waals surface area contributed by atoms with Crippen molar-refractivity contribution in [1.29, 1.82) is 0 Å². The zero-order valence-corrected chi connectivity index (χ0v) is 17.0. The van der Waals surface area contributed by atoms with Crippen LogP contribution in [0.2, 0.25) is 10.0 Å². The van der Waals surface area contributed by atoms with Crippen LogP contribution in [-0.4, -0.2) is 73.4 Å². The van der Waals surface area contributed by atoms with Crippen LogP contribution in [0.1, 0.15) is 6.92 Å². The van der Waals surface area contributed by atoms with Gasteiger partial charge in [-0.25, -0.2) is 0 Å². The summed E-state index contributed by atoms with van der Waals surface area (Å²) in [7, 11) is 0. The Bertz CT molecular complexity index is 788. The third kappa shape index (κ3) is 4.94. The van der Waals surface area contributed by atoms with Gasteiger partial charge < -0.3 is 24.4 Å². The first-order chi connectivity index (χ1) is 13.5. The molecular formula is C18H22Cl2N4O4. The van der Waals surface area contributed by atoms with Crippen molar-refractivity contribution >= 4 is 34.8 Å². The lowest BCUT2D eigenvalue weighted by molar-refractivity contribution is -0.133. The maximum absolute atomic E-state index is 13.2. The van der Waals surface area contributed by atoms with Crippen LogP contribution in [0.4, 0.5) is 5.69 Å². The minimum Gasteiger partial charge on any atom is -0.504 e. The number of hydrogen-bond acceptors (Lipinski definition) is 7. The van der Waals surface area contributed by atoms with E-state index in [9.17, 15) is 9.90 Å². The van der Waals surface area contributed by atoms with E-state index < -0.39 is 0 Å². The highest BCUT2D eigenvalue weighted by atomic mass is 35.5. The van der Waals surface area contributed by atoms with E-state index in [-0.39, 0.29) is 22.4 Å². The van der Waals surface area contributed by atoms with Gasteiger partial charge in [-0.3, -0.25) is 4.79 Å². The Hall–Kier alpha value is -1.87. The number of halogens is 2. The zero-order valence-electron chi connectivity index (χ0n) is 15.5. The molecule has 2 aliphatic heterocycles. The SMILES string of the molecule is C/C(N=Nc1cc(Cl)cc(Cl)c1O)=C(/C(=O)N1CCOCC1)N1CCOCC1. The Balaban J connectivity index is 1.92. The number of ether oxygens (including phenoxy) is 2. The highest BCUT2D eigenvalue weighted by Crippen LogP contribution is 2.37. The number of benzene rings is 1. The van der Waals surface area contributed by atoms with Gasteiger partial charge in [0.2, 0.25) is 0 Å². The lowest BCUT2D eigenvalue weighted by Gasteiger charge is -2.34. The molecule has 1 amide bonds. The molecule has 1 aromatic carbocycles. The first-order valence-electron chi connectivity index (χ1n) is 8.97.